The molecule has 0 aliphatic heterocycles. The summed E-state index contributed by atoms with van der Waals surface area (Å²) < 4.78 is 13.6. The number of carbonyl (C=O) groups excluding carboxylic acids is 1. The van der Waals surface area contributed by atoms with Crippen LogP contribution in [0.4, 0.5) is 0 Å². The minimum atomic E-state index is -0.175. The Hall–Kier alpha value is -3.54. The molecule has 0 atom stereocenters. The molecule has 0 unspecified atom stereocenters. The van der Waals surface area contributed by atoms with E-state index in [-0.39, 0.29) is 5.91 Å². The van der Waals surface area contributed by atoms with Crippen LogP contribution < -0.4 is 4.74 Å². The van der Waals surface area contributed by atoms with E-state index in [0.717, 1.165) is 22.6 Å². The lowest BCUT2D eigenvalue weighted by Gasteiger charge is -2.18. The summed E-state index contributed by atoms with van der Waals surface area (Å²) in [7, 11) is 1.76. The smallest absolute Gasteiger partial charge is 0.289 e. The number of hydrogen-bond acceptors (Lipinski definition) is 4. The van der Waals surface area contributed by atoms with E-state index in [2.05, 4.69) is 43.5 Å². The number of amides is 1. The van der Waals surface area contributed by atoms with Gasteiger partial charge >= 0.3 is 0 Å². The highest BCUT2D eigenvalue weighted by molar-refractivity contribution is 5.91. The lowest BCUT2D eigenvalue weighted by molar-refractivity contribution is 0.0748. The molecule has 0 aliphatic rings. The van der Waals surface area contributed by atoms with Crippen LogP contribution in [0.15, 0.2) is 65.3 Å². The van der Waals surface area contributed by atoms with E-state index in [0.29, 0.717) is 31.4 Å². The van der Waals surface area contributed by atoms with Crippen molar-refractivity contribution < 1.29 is 13.9 Å². The minimum absolute atomic E-state index is 0.175. The largest absolute Gasteiger partial charge is 0.491 e. The van der Waals surface area contributed by atoms with E-state index in [1.54, 1.807) is 24.1 Å². The van der Waals surface area contributed by atoms with Crippen LogP contribution in [0, 0.1) is 6.92 Å². The summed E-state index contributed by atoms with van der Waals surface area (Å²) in [5.74, 6) is 2.27. The van der Waals surface area contributed by atoms with Gasteiger partial charge in [-0.2, -0.15) is 0 Å². The molecule has 2 heterocycles. The van der Waals surface area contributed by atoms with Crippen LogP contribution in [0.25, 0.3) is 11.0 Å². The van der Waals surface area contributed by atoms with Crippen molar-refractivity contribution >= 4 is 16.9 Å². The van der Waals surface area contributed by atoms with E-state index in [1.165, 1.54) is 17.4 Å². The summed E-state index contributed by atoms with van der Waals surface area (Å²) in [6.45, 7) is 7.92. The van der Waals surface area contributed by atoms with Gasteiger partial charge in [0.25, 0.3) is 5.91 Å². The molecule has 0 N–H and O–H groups in total. The maximum atomic E-state index is 12.6. The fraction of sp³-hybridized carbons (Fsp3) is 0.308. The van der Waals surface area contributed by atoms with E-state index in [9.17, 15) is 4.79 Å². The Morgan fingerprint density at radius 1 is 1.16 bits per heavy atom. The number of carbonyl (C=O) groups is 1. The van der Waals surface area contributed by atoms with Gasteiger partial charge in [-0.1, -0.05) is 38.1 Å². The van der Waals surface area contributed by atoms with E-state index >= 15 is 0 Å². The molecule has 4 rings (SSSR count). The number of benzene rings is 2. The fourth-order valence-electron chi connectivity index (χ4n) is 3.86. The molecule has 6 nitrogen and oxygen atoms in total. The Balaban J connectivity index is 1.55. The quantitative estimate of drug-likeness (QED) is 0.374. The molecule has 0 radical (unpaired) electrons. The van der Waals surface area contributed by atoms with E-state index in [1.807, 2.05) is 24.3 Å². The summed E-state index contributed by atoms with van der Waals surface area (Å²) in [6.07, 6.45) is 1.50. The monoisotopic (exact) mass is 431 g/mol. The standard InChI is InChI=1S/C26H29N3O3/c1-18(2)20-12-11-19(3)16-24(20)32-15-13-29-22-9-6-5-8-21(22)27-25(29)17-28(4)26(30)23-10-7-14-31-23/h5-12,14,16,18H,13,15,17H2,1-4H3. The van der Waals surface area contributed by atoms with Crippen molar-refractivity contribution in [3.8, 4) is 5.75 Å². The number of rotatable bonds is 8. The first-order valence-electron chi connectivity index (χ1n) is 10.9. The zero-order valence-corrected chi connectivity index (χ0v) is 19.0. The maximum Gasteiger partial charge on any atom is 0.289 e. The molecule has 0 aliphatic carbocycles. The van der Waals surface area contributed by atoms with Crippen molar-refractivity contribution in [1.82, 2.24) is 14.5 Å². The number of imidazole rings is 1. The van der Waals surface area contributed by atoms with Gasteiger partial charge in [0.2, 0.25) is 0 Å². The molecule has 0 saturated heterocycles. The number of nitrogens with zero attached hydrogens (tertiary/aromatic N) is 3. The molecule has 32 heavy (non-hydrogen) atoms. The van der Waals surface area contributed by atoms with Crippen LogP contribution in [0.1, 0.15) is 47.3 Å². The van der Waals surface area contributed by atoms with E-state index in [4.69, 9.17) is 14.1 Å². The third kappa shape index (κ3) is 4.54. The second-order valence-corrected chi connectivity index (χ2v) is 8.35. The number of fused-ring (bicyclic) bond motifs is 1. The van der Waals surface area contributed by atoms with Crippen molar-refractivity contribution in [3.05, 3.63) is 83.6 Å². The van der Waals surface area contributed by atoms with Gasteiger partial charge in [-0.15, -0.1) is 0 Å². The predicted octanol–water partition coefficient (Wildman–Crippen LogP) is 5.41. The van der Waals surface area contributed by atoms with Gasteiger partial charge in [0.1, 0.15) is 18.2 Å². The van der Waals surface area contributed by atoms with Crippen LogP contribution in [0.3, 0.4) is 0 Å². The predicted molar refractivity (Wildman–Crippen MR) is 125 cm³/mol. The minimum Gasteiger partial charge on any atom is -0.491 e. The number of aromatic nitrogens is 2. The van der Waals surface area contributed by atoms with Gasteiger partial charge < -0.3 is 18.6 Å². The fourth-order valence-corrected chi connectivity index (χ4v) is 3.86. The molecular formula is C26H29N3O3. The SMILES string of the molecule is Cc1ccc(C(C)C)c(OCCn2c(CN(C)C(=O)c3ccco3)nc3ccccc32)c1. The van der Waals surface area contributed by atoms with Crippen LogP contribution in [-0.2, 0) is 13.1 Å². The maximum absolute atomic E-state index is 12.6. The highest BCUT2D eigenvalue weighted by Gasteiger charge is 2.19. The lowest BCUT2D eigenvalue weighted by Crippen LogP contribution is -2.27. The van der Waals surface area contributed by atoms with Crippen molar-refractivity contribution in [1.29, 1.82) is 0 Å². The second kappa shape index (κ2) is 9.30. The van der Waals surface area contributed by atoms with Gasteiger partial charge in [-0.3, -0.25) is 4.79 Å². The number of furan rings is 1. The third-order valence-electron chi connectivity index (χ3n) is 5.55. The molecule has 0 spiro atoms. The van der Waals surface area contributed by atoms with Gasteiger partial charge in [-0.05, 0) is 54.3 Å². The molecule has 4 aromatic rings. The molecule has 166 valence electrons. The molecule has 0 saturated carbocycles. The van der Waals surface area contributed by atoms with E-state index < -0.39 is 0 Å². The number of aryl methyl sites for hydroxylation is 1. The third-order valence-corrected chi connectivity index (χ3v) is 5.55. The first-order valence-corrected chi connectivity index (χ1v) is 10.9. The molecule has 0 bridgehead atoms. The molecular weight excluding hydrogens is 402 g/mol. The van der Waals surface area contributed by atoms with Crippen molar-refractivity contribution in [2.75, 3.05) is 13.7 Å². The zero-order valence-electron chi connectivity index (χ0n) is 19.0. The summed E-state index contributed by atoms with van der Waals surface area (Å²) in [5, 5.41) is 0. The van der Waals surface area contributed by atoms with Gasteiger partial charge in [0.05, 0.1) is 30.4 Å². The van der Waals surface area contributed by atoms with Crippen LogP contribution in [-0.4, -0.2) is 34.0 Å². The van der Waals surface area contributed by atoms with Crippen molar-refractivity contribution in [2.45, 2.75) is 39.8 Å². The topological polar surface area (TPSA) is 60.5 Å². The number of ether oxygens (including phenoxy) is 1. The van der Waals surface area contributed by atoms with Gasteiger partial charge in [0, 0.05) is 7.05 Å². The summed E-state index contributed by atoms with van der Waals surface area (Å²) in [5.41, 5.74) is 4.31. The first-order chi connectivity index (χ1) is 15.4. The van der Waals surface area contributed by atoms with Gasteiger partial charge in [-0.25, -0.2) is 4.98 Å². The number of hydrogen-bond donors (Lipinski definition) is 0. The zero-order chi connectivity index (χ0) is 22.7. The normalized spacial score (nSPS) is 11.3. The Labute approximate surface area is 188 Å². The highest BCUT2D eigenvalue weighted by atomic mass is 16.5. The van der Waals surface area contributed by atoms with Crippen LogP contribution in [0.2, 0.25) is 0 Å². The Kier molecular flexibility index (Phi) is 6.30. The summed E-state index contributed by atoms with van der Waals surface area (Å²) in [6, 6.07) is 17.7. The van der Waals surface area contributed by atoms with Gasteiger partial charge in [0.15, 0.2) is 5.76 Å². The summed E-state index contributed by atoms with van der Waals surface area (Å²) in [4.78, 5) is 19.0. The Morgan fingerprint density at radius 2 is 1.97 bits per heavy atom. The Bertz CT molecular complexity index is 1210. The molecule has 6 heteroatoms. The average molecular weight is 432 g/mol. The average Bonchev–Trinajstić information content (AvgIpc) is 3.42. The summed E-state index contributed by atoms with van der Waals surface area (Å²) >= 11 is 0. The number of para-hydroxylation sites is 2. The second-order valence-electron chi connectivity index (χ2n) is 8.35. The van der Waals surface area contributed by atoms with Crippen LogP contribution >= 0.6 is 0 Å². The Morgan fingerprint density at radius 3 is 2.72 bits per heavy atom. The van der Waals surface area contributed by atoms with Crippen LogP contribution in [0.5, 0.6) is 5.75 Å². The molecule has 0 fully saturated rings. The van der Waals surface area contributed by atoms with Crippen molar-refractivity contribution in [3.63, 3.8) is 0 Å². The molecule has 2 aromatic carbocycles. The molecule has 2 aromatic heterocycles. The first kappa shape index (κ1) is 21.7. The highest BCUT2D eigenvalue weighted by Crippen LogP contribution is 2.27. The molecule has 1 amide bonds. The lowest BCUT2D eigenvalue weighted by atomic mass is 10.0. The van der Waals surface area contributed by atoms with Crippen molar-refractivity contribution in [2.24, 2.45) is 0 Å².